The normalized spacial score (nSPS) is 5.14. The van der Waals surface area contributed by atoms with Crippen LogP contribution in [0.5, 0.6) is 0 Å². The Hall–Kier alpha value is -0.910. The molecule has 0 fully saturated rings. The van der Waals surface area contributed by atoms with Crippen LogP contribution in [0.15, 0.2) is 0 Å². The third-order valence-electron chi connectivity index (χ3n) is 0. The lowest BCUT2D eigenvalue weighted by atomic mass is 11.5. The van der Waals surface area contributed by atoms with Crippen LogP contribution in [-0.4, -0.2) is 19.0 Å². The zero-order valence-electron chi connectivity index (χ0n) is 3.20. The van der Waals surface area contributed by atoms with Gasteiger partial charge in [0.05, 0.1) is 0 Å². The molecule has 1 amide bonds. The van der Waals surface area contributed by atoms with E-state index in [0.717, 1.165) is 0 Å². The van der Waals surface area contributed by atoms with Gasteiger partial charge >= 0.3 is 10.6 Å². The summed E-state index contributed by atoms with van der Waals surface area (Å²) in [5, 5.41) is 0. The van der Waals surface area contributed by atoms with Crippen LogP contribution in [0.3, 0.4) is 0 Å². The lowest BCUT2D eigenvalue weighted by Crippen LogP contribution is -1.82. The predicted molar refractivity (Wildman–Crippen MR) is 19.9 cm³/mol. The van der Waals surface area contributed by atoms with Crippen LogP contribution >= 0.6 is 0 Å². The van der Waals surface area contributed by atoms with E-state index >= 15 is 0 Å². The van der Waals surface area contributed by atoms with E-state index in [0.29, 0.717) is 0 Å². The minimum absolute atomic E-state index is 0.250. The Balaban J connectivity index is 0. The molecule has 0 aliphatic rings. The Kier molecular flexibility index (Phi) is 12.0. The summed E-state index contributed by atoms with van der Waals surface area (Å²) < 4.78 is 25.3. The molecule has 0 aromatic heterocycles. The Morgan fingerprint density at radius 1 is 1.29 bits per heavy atom. The van der Waals surface area contributed by atoms with Gasteiger partial charge in [0, 0.05) is 0 Å². The number of nitrogens with two attached hydrogens (primary N) is 1. The van der Waals surface area contributed by atoms with Crippen molar-refractivity contribution >= 4 is 17.0 Å². The molecule has 7 heavy (non-hydrogen) atoms. The third-order valence-corrected chi connectivity index (χ3v) is 0. The smallest absolute Gasteiger partial charge is 0.372 e. The van der Waals surface area contributed by atoms with Crippen LogP contribution < -0.4 is 5.73 Å². The van der Waals surface area contributed by atoms with Crippen molar-refractivity contribution in [2.75, 3.05) is 0 Å². The van der Waals surface area contributed by atoms with Crippen molar-refractivity contribution in [2.24, 2.45) is 5.73 Å². The van der Waals surface area contributed by atoms with Gasteiger partial charge in [-0.25, -0.2) is 0 Å². The van der Waals surface area contributed by atoms with Crippen LogP contribution in [0.1, 0.15) is 0 Å². The molecule has 2 N–H and O–H groups in total. The van der Waals surface area contributed by atoms with Crippen molar-refractivity contribution in [2.45, 2.75) is 0 Å². The Bertz CT molecular complexity index is 112. The molecule has 0 spiro atoms. The first-order valence-corrected chi connectivity index (χ1v) is 2.07. The van der Waals surface area contributed by atoms with Crippen molar-refractivity contribution in [3.05, 3.63) is 0 Å². The number of amides is 1. The van der Waals surface area contributed by atoms with Crippen LogP contribution in [0, 0.1) is 0 Å². The third kappa shape index (κ3) is 58.7. The number of hydrogen-bond donors (Lipinski definition) is 1. The summed E-state index contributed by atoms with van der Waals surface area (Å²) in [5.74, 6) is 0. The highest BCUT2D eigenvalue weighted by atomic mass is 32.2. The molecule has 0 unspecified atom stereocenters. The average Bonchev–Trinajstić information content (AvgIpc) is 1.33. The average molecular weight is 125 g/mol. The minimum Gasteiger partial charge on any atom is -0.372 e. The van der Waals surface area contributed by atoms with Crippen molar-refractivity contribution in [3.63, 3.8) is 0 Å². The first-order valence-electron chi connectivity index (χ1n) is 1.07. The molecule has 5 nitrogen and oxygen atoms in total. The van der Waals surface area contributed by atoms with E-state index in [2.05, 4.69) is 5.73 Å². The number of primary amides is 1. The van der Waals surface area contributed by atoms with Gasteiger partial charge in [0.15, 0.2) is 0 Å². The van der Waals surface area contributed by atoms with Crippen LogP contribution in [0.4, 0.5) is 0 Å². The maximum Gasteiger partial charge on any atom is 0.425 e. The summed E-state index contributed by atoms with van der Waals surface area (Å²) in [6.07, 6.45) is 0.250. The van der Waals surface area contributed by atoms with Crippen LogP contribution in [0.2, 0.25) is 0 Å². The molecule has 0 saturated heterocycles. The van der Waals surface area contributed by atoms with E-state index in [4.69, 9.17) is 17.4 Å². The highest BCUT2D eigenvalue weighted by Crippen LogP contribution is 1.07. The summed E-state index contributed by atoms with van der Waals surface area (Å²) in [7, 11) is -3.11. The second-order valence-electron chi connectivity index (χ2n) is 0.340. The molecule has 0 aliphatic heterocycles. The summed E-state index contributed by atoms with van der Waals surface area (Å²) >= 11 is 0. The molecule has 0 aromatic carbocycles. The summed E-state index contributed by atoms with van der Waals surface area (Å²) in [4.78, 5) is 8.58. The monoisotopic (exact) mass is 125 g/mol. The second-order valence-corrected chi connectivity index (χ2v) is 0.748. The maximum absolute atomic E-state index is 8.58. The molecule has 6 heteroatoms. The Labute approximate surface area is 41.2 Å². The fraction of sp³-hybridized carbons (Fsp3) is 0. The molecule has 0 bridgehead atoms. The molecule has 0 aromatic rings. The first kappa shape index (κ1) is 9.43. The van der Waals surface area contributed by atoms with Gasteiger partial charge in [-0.15, -0.1) is 12.6 Å². The standard InChI is InChI=1S/CH3NO.O3S/c2-1-3;1-4(2)3/h1H,(H2,2,3);. The number of carbonyl (C=O) groups excluding carboxylic acids is 1. The molecule has 0 aliphatic carbocycles. The minimum atomic E-state index is -3.11. The van der Waals surface area contributed by atoms with Gasteiger partial charge in [0.2, 0.25) is 6.41 Å². The lowest BCUT2D eigenvalue weighted by molar-refractivity contribution is -0.106. The Morgan fingerprint density at radius 2 is 1.29 bits per heavy atom. The van der Waals surface area contributed by atoms with E-state index in [1.165, 1.54) is 0 Å². The largest absolute Gasteiger partial charge is 0.425 e. The highest BCUT2D eigenvalue weighted by molar-refractivity contribution is 7.59. The van der Waals surface area contributed by atoms with Gasteiger partial charge in [-0.05, 0) is 0 Å². The summed E-state index contributed by atoms with van der Waals surface area (Å²) in [6.45, 7) is 0. The van der Waals surface area contributed by atoms with E-state index in [1.807, 2.05) is 0 Å². The van der Waals surface area contributed by atoms with Gasteiger partial charge in [-0.2, -0.15) is 0 Å². The van der Waals surface area contributed by atoms with Gasteiger partial charge in [-0.3, -0.25) is 4.79 Å². The number of carbonyl (C=O) groups is 1. The molecule has 0 rings (SSSR count). The van der Waals surface area contributed by atoms with Gasteiger partial charge < -0.3 is 5.73 Å². The molecular weight excluding hydrogens is 122 g/mol. The molecule has 0 radical (unpaired) electrons. The quantitative estimate of drug-likeness (QED) is 0.382. The number of hydrogen-bond acceptors (Lipinski definition) is 4. The van der Waals surface area contributed by atoms with Crippen molar-refractivity contribution in [3.8, 4) is 0 Å². The van der Waals surface area contributed by atoms with Gasteiger partial charge in [-0.1, -0.05) is 0 Å². The van der Waals surface area contributed by atoms with Gasteiger partial charge in [0.1, 0.15) is 0 Å². The molecular formula is CH3NO4S. The van der Waals surface area contributed by atoms with Gasteiger partial charge in [0.25, 0.3) is 0 Å². The SMILES string of the molecule is NC=O.O=S(=O)=O. The highest BCUT2D eigenvalue weighted by Gasteiger charge is 1.40. The van der Waals surface area contributed by atoms with E-state index in [1.54, 1.807) is 0 Å². The molecule has 0 saturated carbocycles. The van der Waals surface area contributed by atoms with Crippen LogP contribution in [-0.2, 0) is 15.4 Å². The molecule has 42 valence electrons. The topological polar surface area (TPSA) is 94.3 Å². The fourth-order valence-electron chi connectivity index (χ4n) is 0. The predicted octanol–water partition coefficient (Wildman–Crippen LogP) is -1.90. The molecule has 0 atom stereocenters. The van der Waals surface area contributed by atoms with Crippen molar-refractivity contribution in [1.29, 1.82) is 0 Å². The number of rotatable bonds is 0. The summed E-state index contributed by atoms with van der Waals surface area (Å²) in [5.41, 5.74) is 4.17. The Morgan fingerprint density at radius 3 is 1.29 bits per heavy atom. The van der Waals surface area contributed by atoms with Crippen LogP contribution in [0.25, 0.3) is 0 Å². The van der Waals surface area contributed by atoms with E-state index in [-0.39, 0.29) is 6.41 Å². The maximum atomic E-state index is 8.58. The lowest BCUT2D eigenvalue weighted by Gasteiger charge is -1.32. The zero-order chi connectivity index (χ0) is 6.28. The van der Waals surface area contributed by atoms with E-state index < -0.39 is 10.6 Å². The molecule has 0 heterocycles. The zero-order valence-corrected chi connectivity index (χ0v) is 4.01. The second kappa shape index (κ2) is 8.92. The van der Waals surface area contributed by atoms with Crippen molar-refractivity contribution < 1.29 is 17.4 Å². The van der Waals surface area contributed by atoms with Crippen molar-refractivity contribution in [1.82, 2.24) is 0 Å². The summed E-state index contributed by atoms with van der Waals surface area (Å²) in [6, 6.07) is 0. The fourth-order valence-corrected chi connectivity index (χ4v) is 0. The first-order chi connectivity index (χ1) is 3.15. The van der Waals surface area contributed by atoms with E-state index in [9.17, 15) is 0 Å².